The number of aromatic nitrogens is 1. The predicted octanol–water partition coefficient (Wildman–Crippen LogP) is 2.57. The van der Waals surface area contributed by atoms with Crippen molar-refractivity contribution >= 4 is 35.8 Å². The van der Waals surface area contributed by atoms with Crippen LogP contribution in [0.1, 0.15) is 44.1 Å². The van der Waals surface area contributed by atoms with Gasteiger partial charge in [-0.3, -0.25) is 9.79 Å². The van der Waals surface area contributed by atoms with E-state index >= 15 is 0 Å². The zero-order valence-corrected chi connectivity index (χ0v) is 21.0. The molecule has 8 nitrogen and oxygen atoms in total. The lowest BCUT2D eigenvalue weighted by atomic mass is 9.88. The van der Waals surface area contributed by atoms with E-state index in [4.69, 9.17) is 9.47 Å². The van der Waals surface area contributed by atoms with E-state index in [0.717, 1.165) is 43.9 Å². The Bertz CT molecular complexity index is 712. The predicted molar refractivity (Wildman–Crippen MR) is 132 cm³/mol. The lowest BCUT2D eigenvalue weighted by molar-refractivity contribution is -0.135. The molecule has 0 aromatic carbocycles. The number of ether oxygens (including phenoxy) is 2. The summed E-state index contributed by atoms with van der Waals surface area (Å²) in [7, 11) is 3.40. The molecule has 1 saturated carbocycles. The maximum absolute atomic E-state index is 12.8. The number of hydrogen-bond acceptors (Lipinski definition) is 5. The molecule has 1 atom stereocenters. The summed E-state index contributed by atoms with van der Waals surface area (Å²) in [6.07, 6.45) is 8.41. The third kappa shape index (κ3) is 7.78. The second-order valence-corrected chi connectivity index (χ2v) is 7.98. The van der Waals surface area contributed by atoms with Gasteiger partial charge in [-0.15, -0.1) is 24.0 Å². The lowest BCUT2D eigenvalue weighted by Gasteiger charge is -2.26. The molecule has 9 heteroatoms. The van der Waals surface area contributed by atoms with Crippen LogP contribution in [0.4, 0.5) is 0 Å². The molecule has 1 aromatic rings. The molecule has 174 valence electrons. The highest BCUT2D eigenvalue weighted by Gasteiger charge is 2.31. The Kier molecular flexibility index (Phi) is 11.3. The number of halogens is 1. The molecular formula is C22H36IN5O3. The molecule has 2 N–H and O–H groups in total. The average Bonchev–Trinajstić information content (AvgIpc) is 3.26. The van der Waals surface area contributed by atoms with Crippen molar-refractivity contribution in [1.29, 1.82) is 0 Å². The average molecular weight is 545 g/mol. The molecular weight excluding hydrogens is 509 g/mol. The van der Waals surface area contributed by atoms with E-state index in [0.29, 0.717) is 31.5 Å². The molecule has 0 radical (unpaired) electrons. The minimum absolute atomic E-state index is 0. The van der Waals surface area contributed by atoms with Crippen LogP contribution in [-0.2, 0) is 16.1 Å². The van der Waals surface area contributed by atoms with Gasteiger partial charge in [0.25, 0.3) is 0 Å². The zero-order chi connectivity index (χ0) is 21.2. The molecule has 1 saturated heterocycles. The highest BCUT2D eigenvalue weighted by Crippen LogP contribution is 2.26. The third-order valence-corrected chi connectivity index (χ3v) is 5.84. The maximum Gasteiger partial charge on any atom is 0.225 e. The Balaban J connectivity index is 0.00000341. The van der Waals surface area contributed by atoms with Gasteiger partial charge in [-0.2, -0.15) is 0 Å². The molecule has 2 fully saturated rings. The number of rotatable bonds is 8. The SMILES string of the molecule is CN=C(NCc1cccnc1OCCOC)NC1CCN(C(=O)C2CCCCC2)C1.I. The van der Waals surface area contributed by atoms with Crippen LogP contribution in [0, 0.1) is 5.92 Å². The van der Waals surface area contributed by atoms with Crippen LogP contribution < -0.4 is 15.4 Å². The van der Waals surface area contributed by atoms with Gasteiger partial charge in [-0.05, 0) is 25.3 Å². The number of carbonyl (C=O) groups excluding carboxylic acids is 1. The van der Waals surface area contributed by atoms with E-state index in [9.17, 15) is 4.79 Å². The van der Waals surface area contributed by atoms with E-state index in [-0.39, 0.29) is 35.9 Å². The van der Waals surface area contributed by atoms with Gasteiger partial charge in [-0.25, -0.2) is 4.98 Å². The number of amides is 1. The minimum atomic E-state index is 0. The molecule has 3 rings (SSSR count). The van der Waals surface area contributed by atoms with Crippen molar-refractivity contribution in [2.45, 2.75) is 51.1 Å². The van der Waals surface area contributed by atoms with Crippen LogP contribution in [0.15, 0.2) is 23.3 Å². The topological polar surface area (TPSA) is 88.1 Å². The van der Waals surface area contributed by atoms with Crippen LogP contribution in [-0.4, -0.2) is 68.3 Å². The van der Waals surface area contributed by atoms with Crippen LogP contribution in [0.3, 0.4) is 0 Å². The number of guanidine groups is 1. The third-order valence-electron chi connectivity index (χ3n) is 5.84. The Hall–Kier alpha value is -1.62. The Labute approximate surface area is 202 Å². The number of pyridine rings is 1. The van der Waals surface area contributed by atoms with Gasteiger partial charge >= 0.3 is 0 Å². The van der Waals surface area contributed by atoms with Crippen molar-refractivity contribution in [3.63, 3.8) is 0 Å². The Morgan fingerprint density at radius 3 is 2.81 bits per heavy atom. The van der Waals surface area contributed by atoms with E-state index < -0.39 is 0 Å². The molecule has 1 aromatic heterocycles. The van der Waals surface area contributed by atoms with Crippen molar-refractivity contribution < 1.29 is 14.3 Å². The lowest BCUT2D eigenvalue weighted by Crippen LogP contribution is -2.45. The summed E-state index contributed by atoms with van der Waals surface area (Å²) < 4.78 is 10.7. The first kappa shape index (κ1) is 25.6. The van der Waals surface area contributed by atoms with Gasteiger partial charge in [0.05, 0.1) is 6.61 Å². The summed E-state index contributed by atoms with van der Waals surface area (Å²) in [5.41, 5.74) is 0.956. The van der Waals surface area contributed by atoms with Gasteiger partial charge in [-0.1, -0.05) is 25.3 Å². The number of carbonyl (C=O) groups is 1. The van der Waals surface area contributed by atoms with E-state index in [1.54, 1.807) is 20.4 Å². The molecule has 1 amide bonds. The molecule has 2 heterocycles. The first-order valence-corrected chi connectivity index (χ1v) is 11.0. The number of likely N-dealkylation sites (tertiary alicyclic amines) is 1. The highest BCUT2D eigenvalue weighted by molar-refractivity contribution is 14.0. The summed E-state index contributed by atoms with van der Waals surface area (Å²) in [5, 5.41) is 6.79. The monoisotopic (exact) mass is 545 g/mol. The fourth-order valence-corrected chi connectivity index (χ4v) is 4.16. The Morgan fingerprint density at radius 1 is 1.26 bits per heavy atom. The number of methoxy groups -OCH3 is 1. The van der Waals surface area contributed by atoms with Gasteiger partial charge < -0.3 is 25.0 Å². The smallest absolute Gasteiger partial charge is 0.225 e. The number of aliphatic imine (C=N–C) groups is 1. The maximum atomic E-state index is 12.8. The van der Waals surface area contributed by atoms with Crippen LogP contribution in [0.2, 0.25) is 0 Å². The van der Waals surface area contributed by atoms with E-state index in [2.05, 4.69) is 20.6 Å². The fourth-order valence-electron chi connectivity index (χ4n) is 4.16. The first-order valence-electron chi connectivity index (χ1n) is 11.0. The second kappa shape index (κ2) is 13.7. The summed E-state index contributed by atoms with van der Waals surface area (Å²) in [6, 6.07) is 4.09. The molecule has 31 heavy (non-hydrogen) atoms. The van der Waals surface area contributed by atoms with Crippen molar-refractivity contribution in [2.75, 3.05) is 40.5 Å². The summed E-state index contributed by atoms with van der Waals surface area (Å²) in [4.78, 5) is 23.5. The largest absolute Gasteiger partial charge is 0.475 e. The van der Waals surface area contributed by atoms with Gasteiger partial charge in [0.2, 0.25) is 11.8 Å². The van der Waals surface area contributed by atoms with Crippen molar-refractivity contribution in [3.8, 4) is 5.88 Å². The molecule has 1 aliphatic heterocycles. The van der Waals surface area contributed by atoms with Crippen molar-refractivity contribution in [3.05, 3.63) is 23.9 Å². The van der Waals surface area contributed by atoms with Crippen molar-refractivity contribution in [2.24, 2.45) is 10.9 Å². The quantitative estimate of drug-likeness (QED) is 0.226. The van der Waals surface area contributed by atoms with Crippen LogP contribution >= 0.6 is 24.0 Å². The summed E-state index contributed by atoms with van der Waals surface area (Å²) >= 11 is 0. The molecule has 0 bridgehead atoms. The minimum Gasteiger partial charge on any atom is -0.475 e. The normalized spacial score (nSPS) is 19.6. The molecule has 2 aliphatic rings. The van der Waals surface area contributed by atoms with Crippen LogP contribution in [0.5, 0.6) is 5.88 Å². The summed E-state index contributed by atoms with van der Waals surface area (Å²) in [5.74, 6) is 1.90. The van der Waals surface area contributed by atoms with Crippen LogP contribution in [0.25, 0.3) is 0 Å². The molecule has 1 unspecified atom stereocenters. The zero-order valence-electron chi connectivity index (χ0n) is 18.6. The number of hydrogen-bond donors (Lipinski definition) is 2. The van der Waals surface area contributed by atoms with Gasteiger partial charge in [0, 0.05) is 57.5 Å². The fraction of sp³-hybridized carbons (Fsp3) is 0.682. The standard InChI is InChI=1S/C22H35N5O3.HI/c1-23-22(25-15-18-9-6-11-24-20(18)30-14-13-29-2)26-19-10-12-27(16-19)21(28)17-7-4-3-5-8-17;/h6,9,11,17,19H,3-5,7-8,10,12-16H2,1-2H3,(H2,23,25,26);1H. The second-order valence-electron chi connectivity index (χ2n) is 7.98. The van der Waals surface area contributed by atoms with Gasteiger partial charge in [0.15, 0.2) is 5.96 Å². The molecule has 1 aliphatic carbocycles. The van der Waals surface area contributed by atoms with Crippen molar-refractivity contribution in [1.82, 2.24) is 20.5 Å². The Morgan fingerprint density at radius 2 is 2.06 bits per heavy atom. The molecule has 0 spiro atoms. The van der Waals surface area contributed by atoms with E-state index in [1.807, 2.05) is 17.0 Å². The van der Waals surface area contributed by atoms with Gasteiger partial charge in [0.1, 0.15) is 6.61 Å². The summed E-state index contributed by atoms with van der Waals surface area (Å²) in [6.45, 7) is 3.09. The number of nitrogens with one attached hydrogen (secondary N) is 2. The number of nitrogens with zero attached hydrogens (tertiary/aromatic N) is 3. The van der Waals surface area contributed by atoms with E-state index in [1.165, 1.54) is 19.3 Å². The highest BCUT2D eigenvalue weighted by atomic mass is 127. The first-order chi connectivity index (χ1) is 14.7.